The van der Waals surface area contributed by atoms with Crippen molar-refractivity contribution in [2.45, 2.75) is 55.9 Å². The van der Waals surface area contributed by atoms with E-state index in [1.807, 2.05) is 6.07 Å². The summed E-state index contributed by atoms with van der Waals surface area (Å²) < 4.78 is 43.2. The van der Waals surface area contributed by atoms with E-state index in [0.29, 0.717) is 5.92 Å². The summed E-state index contributed by atoms with van der Waals surface area (Å²) in [7, 11) is -3.97. The number of rotatable bonds is 7. The number of nitrogens with two attached hydrogens (primary N) is 1. The van der Waals surface area contributed by atoms with Gasteiger partial charge in [-0.25, -0.2) is 27.9 Å². The lowest BCUT2D eigenvalue weighted by Gasteiger charge is -2.18. The second kappa shape index (κ2) is 9.40. The molecule has 8 nitrogen and oxygen atoms in total. The molecule has 0 radical (unpaired) electrons. The summed E-state index contributed by atoms with van der Waals surface area (Å²) in [5.41, 5.74) is 2.20. The lowest BCUT2D eigenvalue weighted by atomic mass is 10.0. The molecule has 2 aromatic heterocycles. The molecule has 2 heterocycles. The van der Waals surface area contributed by atoms with Crippen LogP contribution in [0.2, 0.25) is 0 Å². The second-order valence-electron chi connectivity index (χ2n) is 8.47. The molecule has 1 aliphatic carbocycles. The van der Waals surface area contributed by atoms with Crippen LogP contribution in [-0.4, -0.2) is 29.5 Å². The summed E-state index contributed by atoms with van der Waals surface area (Å²) in [5.74, 6) is 0.915. The summed E-state index contributed by atoms with van der Waals surface area (Å²) in [6, 6.07) is 5.37. The van der Waals surface area contributed by atoms with Crippen LogP contribution in [0.25, 0.3) is 0 Å². The van der Waals surface area contributed by atoms with E-state index < -0.39 is 15.8 Å². The van der Waals surface area contributed by atoms with E-state index in [1.54, 1.807) is 24.8 Å². The third-order valence-electron chi connectivity index (χ3n) is 5.78. The van der Waals surface area contributed by atoms with Gasteiger partial charge >= 0.3 is 0 Å². The quantitative estimate of drug-likeness (QED) is 0.529. The van der Waals surface area contributed by atoms with Gasteiger partial charge in [-0.05, 0) is 66.5 Å². The normalized spacial score (nSPS) is 18.5. The first-order valence-electron chi connectivity index (χ1n) is 10.7. The Bertz CT molecular complexity index is 1240. The molecule has 1 aromatic carbocycles. The number of sulfonamides is 1. The Kier molecular flexibility index (Phi) is 6.57. The van der Waals surface area contributed by atoms with Gasteiger partial charge in [0.1, 0.15) is 11.6 Å². The highest BCUT2D eigenvalue weighted by Gasteiger charge is 2.28. The first-order valence-corrected chi connectivity index (χ1v) is 12.3. The van der Waals surface area contributed by atoms with Gasteiger partial charge in [0, 0.05) is 18.6 Å². The van der Waals surface area contributed by atoms with Crippen molar-refractivity contribution in [2.24, 2.45) is 5.14 Å². The molecular formula is C23H26FN5O3S. The molecule has 1 saturated carbocycles. The van der Waals surface area contributed by atoms with Crippen LogP contribution in [0.1, 0.15) is 56.1 Å². The van der Waals surface area contributed by atoms with E-state index in [2.05, 4.69) is 34.1 Å². The summed E-state index contributed by atoms with van der Waals surface area (Å²) in [6.45, 7) is 4.26. The van der Waals surface area contributed by atoms with Crippen molar-refractivity contribution in [1.29, 1.82) is 0 Å². The van der Waals surface area contributed by atoms with Crippen LogP contribution < -0.4 is 15.2 Å². The molecule has 0 spiro atoms. The minimum absolute atomic E-state index is 0.0573. The van der Waals surface area contributed by atoms with Gasteiger partial charge in [-0.3, -0.25) is 4.98 Å². The predicted molar refractivity (Wildman–Crippen MR) is 122 cm³/mol. The Labute approximate surface area is 192 Å². The number of anilines is 2. The molecule has 1 aliphatic rings. The average Bonchev–Trinajstić information content (AvgIpc) is 3.23. The zero-order chi connectivity index (χ0) is 23.6. The molecule has 0 unspecified atom stereocenters. The average molecular weight is 472 g/mol. The smallest absolute Gasteiger partial charge is 0.238 e. The number of hydrogen-bond donors (Lipinski definition) is 2. The fourth-order valence-corrected chi connectivity index (χ4v) is 4.53. The molecule has 174 valence electrons. The van der Waals surface area contributed by atoms with Gasteiger partial charge < -0.3 is 10.1 Å². The Morgan fingerprint density at radius 1 is 1.15 bits per heavy atom. The van der Waals surface area contributed by atoms with E-state index in [-0.39, 0.29) is 28.6 Å². The van der Waals surface area contributed by atoms with E-state index in [4.69, 9.17) is 9.88 Å². The summed E-state index contributed by atoms with van der Waals surface area (Å²) >= 11 is 0. The van der Waals surface area contributed by atoms with Gasteiger partial charge in [-0.1, -0.05) is 13.8 Å². The molecule has 33 heavy (non-hydrogen) atoms. The van der Waals surface area contributed by atoms with Crippen molar-refractivity contribution in [3.8, 4) is 5.75 Å². The summed E-state index contributed by atoms with van der Waals surface area (Å²) in [5, 5.41) is 7.79. The van der Waals surface area contributed by atoms with E-state index in [1.165, 1.54) is 12.1 Å². The highest BCUT2D eigenvalue weighted by atomic mass is 32.2. The second-order valence-corrected chi connectivity index (χ2v) is 10.0. The van der Waals surface area contributed by atoms with Crippen molar-refractivity contribution in [3.05, 3.63) is 66.0 Å². The van der Waals surface area contributed by atoms with E-state index in [9.17, 15) is 12.8 Å². The number of nitrogens with zero attached hydrogens (tertiary/aromatic N) is 3. The standard InChI is InChI=1S/C23H26FN5O3S/c1-14(2)19-7-8-26-13-22(19)32-17-4-3-15(9-17)16-11-27-23(28-12-16)29-21-6-5-18(10-20(21)24)33(25,30)31/h5-8,10-15,17H,3-4,9H2,1-2H3,(H2,25,30,31)(H,27,28,29)/t15-,17+/m0/s1. The van der Waals surface area contributed by atoms with Gasteiger partial charge in [0.05, 0.1) is 22.9 Å². The van der Waals surface area contributed by atoms with Gasteiger partial charge in [0.2, 0.25) is 16.0 Å². The van der Waals surface area contributed by atoms with Crippen molar-refractivity contribution in [2.75, 3.05) is 5.32 Å². The fourth-order valence-electron chi connectivity index (χ4n) is 4.00. The summed E-state index contributed by atoms with van der Waals surface area (Å²) in [4.78, 5) is 12.5. The third-order valence-corrected chi connectivity index (χ3v) is 6.69. The van der Waals surface area contributed by atoms with Gasteiger partial charge in [-0.2, -0.15) is 0 Å². The van der Waals surface area contributed by atoms with Crippen LogP contribution in [0.5, 0.6) is 5.75 Å². The molecule has 3 N–H and O–H groups in total. The van der Waals surface area contributed by atoms with Crippen LogP contribution >= 0.6 is 0 Å². The topological polar surface area (TPSA) is 120 Å². The molecular weight excluding hydrogens is 445 g/mol. The number of halogens is 1. The molecule has 3 aromatic rings. The minimum atomic E-state index is -3.97. The number of aromatic nitrogens is 3. The maximum absolute atomic E-state index is 14.2. The zero-order valence-corrected chi connectivity index (χ0v) is 19.2. The van der Waals surface area contributed by atoms with Crippen LogP contribution in [-0.2, 0) is 10.0 Å². The van der Waals surface area contributed by atoms with Crippen LogP contribution in [0, 0.1) is 5.82 Å². The maximum Gasteiger partial charge on any atom is 0.238 e. The van der Waals surface area contributed by atoms with Gasteiger partial charge in [0.15, 0.2) is 0 Å². The fraction of sp³-hybridized carbons (Fsp3) is 0.348. The lowest BCUT2D eigenvalue weighted by Crippen LogP contribution is -2.14. The molecule has 0 saturated heterocycles. The number of ether oxygens (including phenoxy) is 1. The van der Waals surface area contributed by atoms with Crippen molar-refractivity contribution in [3.63, 3.8) is 0 Å². The van der Waals surface area contributed by atoms with Gasteiger partial charge in [-0.15, -0.1) is 0 Å². The monoisotopic (exact) mass is 471 g/mol. The molecule has 0 amide bonds. The molecule has 2 atom stereocenters. The van der Waals surface area contributed by atoms with Crippen molar-refractivity contribution < 1.29 is 17.5 Å². The number of primary sulfonamides is 1. The number of pyridine rings is 1. The Morgan fingerprint density at radius 3 is 2.58 bits per heavy atom. The first-order chi connectivity index (χ1) is 15.7. The molecule has 4 rings (SSSR count). The van der Waals surface area contributed by atoms with Crippen molar-refractivity contribution >= 4 is 21.7 Å². The van der Waals surface area contributed by atoms with Crippen LogP contribution in [0.4, 0.5) is 16.0 Å². The third kappa shape index (κ3) is 5.45. The number of benzene rings is 1. The van der Waals surface area contributed by atoms with Crippen molar-refractivity contribution in [1.82, 2.24) is 15.0 Å². The lowest BCUT2D eigenvalue weighted by molar-refractivity contribution is 0.204. The summed E-state index contributed by atoms with van der Waals surface area (Å²) in [6.07, 6.45) is 9.85. The van der Waals surface area contributed by atoms with E-state index in [0.717, 1.165) is 42.2 Å². The van der Waals surface area contributed by atoms with E-state index >= 15 is 0 Å². The Balaban J connectivity index is 1.39. The van der Waals surface area contributed by atoms with Crippen LogP contribution in [0.3, 0.4) is 0 Å². The minimum Gasteiger partial charge on any atom is -0.488 e. The number of hydrogen-bond acceptors (Lipinski definition) is 7. The Hall–Kier alpha value is -3.11. The highest BCUT2D eigenvalue weighted by Crippen LogP contribution is 2.37. The maximum atomic E-state index is 14.2. The highest BCUT2D eigenvalue weighted by molar-refractivity contribution is 7.89. The zero-order valence-electron chi connectivity index (χ0n) is 18.4. The van der Waals surface area contributed by atoms with Gasteiger partial charge in [0.25, 0.3) is 0 Å². The largest absolute Gasteiger partial charge is 0.488 e. The van der Waals surface area contributed by atoms with Crippen LogP contribution in [0.15, 0.2) is 53.9 Å². The molecule has 0 bridgehead atoms. The SMILES string of the molecule is CC(C)c1ccncc1O[C@@H]1CC[C@H](c2cnc(Nc3ccc(S(N)(=O)=O)cc3F)nc2)C1. The Morgan fingerprint density at radius 2 is 1.91 bits per heavy atom. The molecule has 0 aliphatic heterocycles. The number of nitrogens with one attached hydrogen (secondary N) is 1. The molecule has 1 fully saturated rings. The first kappa shape index (κ1) is 23.1. The molecule has 10 heteroatoms. The predicted octanol–water partition coefficient (Wildman–Crippen LogP) is 4.24.